The summed E-state index contributed by atoms with van der Waals surface area (Å²) in [5.41, 5.74) is 10.6. The monoisotopic (exact) mass is 268 g/mol. The number of hydrogen-bond donors (Lipinski definition) is 2. The number of nitrogens with two attached hydrogens (primary N) is 1. The Morgan fingerprint density at radius 1 is 0.800 bits per heavy atom. The third kappa shape index (κ3) is 4.71. The van der Waals surface area contributed by atoms with Crippen molar-refractivity contribution in [2.24, 2.45) is 0 Å². The fourth-order valence-corrected chi connectivity index (χ4v) is 2.26. The predicted octanol–water partition coefficient (Wildman–Crippen LogP) is 3.55. The molecule has 2 nitrogen and oxygen atoms in total. The molecule has 0 spiro atoms. The number of nitrogen functional groups attached to an aromatic ring is 1. The Bertz CT molecular complexity index is 500. The van der Waals surface area contributed by atoms with Crippen molar-refractivity contribution in [1.29, 1.82) is 0 Å². The lowest BCUT2D eigenvalue weighted by atomic mass is 10.1. The Balaban J connectivity index is 1.71. The molecule has 20 heavy (non-hydrogen) atoms. The van der Waals surface area contributed by atoms with Crippen LogP contribution in [0, 0.1) is 0 Å². The molecule has 0 aromatic heterocycles. The van der Waals surface area contributed by atoms with Crippen molar-refractivity contribution in [3.05, 3.63) is 65.2 Å². The normalized spacial score (nSPS) is 10.7. The Morgan fingerprint density at radius 2 is 1.35 bits per heavy atom. The van der Waals surface area contributed by atoms with Crippen LogP contribution in [0.15, 0.2) is 48.5 Å². The minimum Gasteiger partial charge on any atom is -0.399 e. The summed E-state index contributed by atoms with van der Waals surface area (Å²) in [7, 11) is 0. The first-order valence-corrected chi connectivity index (χ1v) is 7.41. The van der Waals surface area contributed by atoms with E-state index in [0.717, 1.165) is 25.2 Å². The van der Waals surface area contributed by atoms with Crippen LogP contribution in [-0.4, -0.2) is 6.54 Å². The summed E-state index contributed by atoms with van der Waals surface area (Å²) in [6.45, 7) is 4.11. The molecule has 0 fully saturated rings. The maximum absolute atomic E-state index is 5.67. The average molecular weight is 268 g/mol. The van der Waals surface area contributed by atoms with Gasteiger partial charge in [0.05, 0.1) is 0 Å². The van der Waals surface area contributed by atoms with Gasteiger partial charge in [-0.1, -0.05) is 49.7 Å². The zero-order valence-corrected chi connectivity index (χ0v) is 12.2. The van der Waals surface area contributed by atoms with Crippen LogP contribution in [0.2, 0.25) is 0 Å². The van der Waals surface area contributed by atoms with Crippen molar-refractivity contribution in [3.8, 4) is 0 Å². The summed E-state index contributed by atoms with van der Waals surface area (Å²) in [6, 6.07) is 17.0. The van der Waals surface area contributed by atoms with E-state index < -0.39 is 0 Å². The predicted molar refractivity (Wildman–Crippen MR) is 86.7 cm³/mol. The van der Waals surface area contributed by atoms with Crippen LogP contribution in [0.1, 0.15) is 30.0 Å². The van der Waals surface area contributed by atoms with E-state index in [1.54, 1.807) is 0 Å². The number of benzene rings is 2. The van der Waals surface area contributed by atoms with E-state index in [4.69, 9.17) is 5.73 Å². The van der Waals surface area contributed by atoms with Gasteiger partial charge in [0.15, 0.2) is 0 Å². The van der Waals surface area contributed by atoms with Gasteiger partial charge in [-0.25, -0.2) is 0 Å². The molecule has 0 saturated heterocycles. The highest BCUT2D eigenvalue weighted by Gasteiger charge is 1.96. The van der Waals surface area contributed by atoms with Gasteiger partial charge in [-0.2, -0.15) is 0 Å². The Kier molecular flexibility index (Phi) is 5.63. The molecule has 0 radical (unpaired) electrons. The molecule has 2 rings (SSSR count). The lowest BCUT2D eigenvalue weighted by Gasteiger charge is -2.06. The number of nitrogens with one attached hydrogen (secondary N) is 1. The molecule has 0 aliphatic rings. The van der Waals surface area contributed by atoms with Crippen LogP contribution >= 0.6 is 0 Å². The highest BCUT2D eigenvalue weighted by atomic mass is 14.8. The maximum Gasteiger partial charge on any atom is 0.0314 e. The van der Waals surface area contributed by atoms with Gasteiger partial charge in [0, 0.05) is 12.2 Å². The second-order valence-corrected chi connectivity index (χ2v) is 5.23. The molecule has 0 heterocycles. The molecule has 0 aliphatic heterocycles. The Morgan fingerprint density at radius 3 is 1.95 bits per heavy atom. The standard InChI is InChI=1S/C18H24N2/c1-2-3-15-4-6-16(7-5-15)12-13-20-14-17-8-10-18(19)11-9-17/h4-11,20H,2-3,12-14,19H2,1H3. The van der Waals surface area contributed by atoms with E-state index in [-0.39, 0.29) is 0 Å². The minimum atomic E-state index is 0.820. The largest absolute Gasteiger partial charge is 0.399 e. The average Bonchev–Trinajstić information content (AvgIpc) is 2.47. The lowest BCUT2D eigenvalue weighted by Crippen LogP contribution is -2.16. The molecule has 0 saturated carbocycles. The lowest BCUT2D eigenvalue weighted by molar-refractivity contribution is 0.687. The molecule has 3 N–H and O–H groups in total. The molecule has 2 heteroatoms. The zero-order chi connectivity index (χ0) is 14.2. The number of anilines is 1. The molecule has 2 aromatic rings. The molecule has 0 bridgehead atoms. The summed E-state index contributed by atoms with van der Waals surface area (Å²) < 4.78 is 0. The molecular formula is C18H24N2. The fraction of sp³-hybridized carbons (Fsp3) is 0.333. The van der Waals surface area contributed by atoms with Gasteiger partial charge in [0.1, 0.15) is 0 Å². The van der Waals surface area contributed by atoms with Gasteiger partial charge in [-0.15, -0.1) is 0 Å². The third-order valence-electron chi connectivity index (χ3n) is 3.46. The molecule has 0 unspecified atom stereocenters. The summed E-state index contributed by atoms with van der Waals surface area (Å²) in [6.07, 6.45) is 3.46. The van der Waals surface area contributed by atoms with Crippen LogP contribution in [0.4, 0.5) is 5.69 Å². The van der Waals surface area contributed by atoms with Crippen molar-refractivity contribution in [2.45, 2.75) is 32.7 Å². The Hall–Kier alpha value is -1.80. The SMILES string of the molecule is CCCc1ccc(CCNCc2ccc(N)cc2)cc1. The van der Waals surface area contributed by atoms with Crippen molar-refractivity contribution in [1.82, 2.24) is 5.32 Å². The summed E-state index contributed by atoms with van der Waals surface area (Å²) >= 11 is 0. The van der Waals surface area contributed by atoms with E-state index in [1.165, 1.54) is 29.5 Å². The van der Waals surface area contributed by atoms with E-state index >= 15 is 0 Å². The van der Waals surface area contributed by atoms with Crippen molar-refractivity contribution in [3.63, 3.8) is 0 Å². The highest BCUT2D eigenvalue weighted by Crippen LogP contribution is 2.07. The van der Waals surface area contributed by atoms with Gasteiger partial charge >= 0.3 is 0 Å². The first-order chi connectivity index (χ1) is 9.78. The summed E-state index contributed by atoms with van der Waals surface area (Å²) in [4.78, 5) is 0. The smallest absolute Gasteiger partial charge is 0.0314 e. The van der Waals surface area contributed by atoms with Crippen molar-refractivity contribution < 1.29 is 0 Å². The van der Waals surface area contributed by atoms with Crippen LogP contribution in [0.3, 0.4) is 0 Å². The number of rotatable bonds is 7. The van der Waals surface area contributed by atoms with E-state index in [9.17, 15) is 0 Å². The van der Waals surface area contributed by atoms with E-state index in [1.807, 2.05) is 12.1 Å². The second-order valence-electron chi connectivity index (χ2n) is 5.23. The zero-order valence-electron chi connectivity index (χ0n) is 12.2. The quantitative estimate of drug-likeness (QED) is 0.595. The Labute approximate surface area is 122 Å². The van der Waals surface area contributed by atoms with E-state index in [0.29, 0.717) is 0 Å². The molecule has 2 aromatic carbocycles. The molecule has 0 amide bonds. The van der Waals surface area contributed by atoms with E-state index in [2.05, 4.69) is 48.6 Å². The number of aryl methyl sites for hydroxylation is 1. The molecule has 106 valence electrons. The first-order valence-electron chi connectivity index (χ1n) is 7.41. The van der Waals surface area contributed by atoms with Gasteiger partial charge < -0.3 is 11.1 Å². The maximum atomic E-state index is 5.67. The molecule has 0 aliphatic carbocycles. The summed E-state index contributed by atoms with van der Waals surface area (Å²) in [5.74, 6) is 0. The van der Waals surface area contributed by atoms with Crippen molar-refractivity contribution >= 4 is 5.69 Å². The van der Waals surface area contributed by atoms with Gasteiger partial charge in [0.2, 0.25) is 0 Å². The number of hydrogen-bond acceptors (Lipinski definition) is 2. The van der Waals surface area contributed by atoms with Crippen LogP contribution < -0.4 is 11.1 Å². The molecule has 0 atom stereocenters. The first kappa shape index (κ1) is 14.6. The fourth-order valence-electron chi connectivity index (χ4n) is 2.26. The van der Waals surface area contributed by atoms with Crippen LogP contribution in [0.25, 0.3) is 0 Å². The van der Waals surface area contributed by atoms with Gasteiger partial charge in [-0.3, -0.25) is 0 Å². The van der Waals surface area contributed by atoms with Gasteiger partial charge in [-0.05, 0) is 48.2 Å². The van der Waals surface area contributed by atoms with Crippen LogP contribution in [-0.2, 0) is 19.4 Å². The highest BCUT2D eigenvalue weighted by molar-refractivity contribution is 5.39. The second kappa shape index (κ2) is 7.71. The van der Waals surface area contributed by atoms with Gasteiger partial charge in [0.25, 0.3) is 0 Å². The third-order valence-corrected chi connectivity index (χ3v) is 3.46. The van der Waals surface area contributed by atoms with Crippen molar-refractivity contribution in [2.75, 3.05) is 12.3 Å². The topological polar surface area (TPSA) is 38.0 Å². The molecular weight excluding hydrogens is 244 g/mol. The van der Waals surface area contributed by atoms with Crippen LogP contribution in [0.5, 0.6) is 0 Å². The minimum absolute atomic E-state index is 0.820. The summed E-state index contributed by atoms with van der Waals surface area (Å²) in [5, 5.41) is 3.47.